The third kappa shape index (κ3) is 3.36. The summed E-state index contributed by atoms with van der Waals surface area (Å²) in [5.74, 6) is -1.47. The first kappa shape index (κ1) is 13.6. The lowest BCUT2D eigenvalue weighted by molar-refractivity contribution is 0.0692. The van der Waals surface area contributed by atoms with Gasteiger partial charge in [-0.05, 0) is 30.9 Å². The molecule has 1 aliphatic carbocycles. The molecule has 0 radical (unpaired) electrons. The molecule has 0 saturated heterocycles. The molecule has 0 amide bonds. The van der Waals surface area contributed by atoms with Gasteiger partial charge in [-0.25, -0.2) is 9.18 Å². The van der Waals surface area contributed by atoms with Gasteiger partial charge in [0.25, 0.3) is 0 Å². The van der Waals surface area contributed by atoms with Crippen molar-refractivity contribution in [2.75, 3.05) is 17.6 Å². The van der Waals surface area contributed by atoms with Crippen LogP contribution in [0, 0.1) is 11.7 Å². The number of nitrogens with one attached hydrogen (secondary N) is 1. The van der Waals surface area contributed by atoms with Crippen molar-refractivity contribution in [3.8, 4) is 0 Å². The summed E-state index contributed by atoms with van der Waals surface area (Å²) in [5, 5.41) is 11.9. The van der Waals surface area contributed by atoms with Gasteiger partial charge < -0.3 is 16.2 Å². The Morgan fingerprint density at radius 2 is 2.05 bits per heavy atom. The Hall–Kier alpha value is -1.78. The topological polar surface area (TPSA) is 75.4 Å². The molecule has 1 aromatic carbocycles. The van der Waals surface area contributed by atoms with E-state index in [4.69, 9.17) is 10.8 Å². The summed E-state index contributed by atoms with van der Waals surface area (Å²) in [4.78, 5) is 10.8. The monoisotopic (exact) mass is 266 g/mol. The lowest BCUT2D eigenvalue weighted by Crippen LogP contribution is -2.18. The zero-order valence-corrected chi connectivity index (χ0v) is 10.8. The molecule has 19 heavy (non-hydrogen) atoms. The van der Waals surface area contributed by atoms with E-state index < -0.39 is 11.8 Å². The quantitative estimate of drug-likeness (QED) is 0.732. The first-order valence-electron chi connectivity index (χ1n) is 6.64. The smallest absolute Gasteiger partial charge is 0.338 e. The number of carbonyl (C=O) groups is 1. The fourth-order valence-corrected chi connectivity index (χ4v) is 2.55. The second kappa shape index (κ2) is 5.91. The standard InChI is InChI=1S/C14H19FN2O2/c15-11-7-13(12(16)6-10(11)14(18)19)17-8-9-4-2-1-3-5-9/h6-7,9,17H,1-5,8,16H2,(H,18,19). The van der Waals surface area contributed by atoms with Gasteiger partial charge in [-0.1, -0.05) is 19.3 Å². The van der Waals surface area contributed by atoms with Crippen LogP contribution in [-0.2, 0) is 0 Å². The molecule has 4 nitrogen and oxygen atoms in total. The number of halogens is 1. The first-order valence-corrected chi connectivity index (χ1v) is 6.64. The van der Waals surface area contributed by atoms with E-state index in [0.717, 1.165) is 6.54 Å². The number of rotatable bonds is 4. The van der Waals surface area contributed by atoms with Crippen LogP contribution in [0.3, 0.4) is 0 Å². The average Bonchev–Trinajstić information content (AvgIpc) is 2.40. The predicted octanol–water partition coefficient (Wildman–Crippen LogP) is 3.10. The van der Waals surface area contributed by atoms with Crippen molar-refractivity contribution in [3.05, 3.63) is 23.5 Å². The third-order valence-electron chi connectivity index (χ3n) is 3.68. The maximum Gasteiger partial charge on any atom is 0.338 e. The van der Waals surface area contributed by atoms with Crippen molar-refractivity contribution >= 4 is 17.3 Å². The lowest BCUT2D eigenvalue weighted by Gasteiger charge is -2.22. The highest BCUT2D eigenvalue weighted by Crippen LogP contribution is 2.27. The molecule has 0 bridgehead atoms. The van der Waals surface area contributed by atoms with Crippen molar-refractivity contribution in [2.45, 2.75) is 32.1 Å². The molecule has 5 heteroatoms. The van der Waals surface area contributed by atoms with Crippen LogP contribution in [0.2, 0.25) is 0 Å². The number of aromatic carboxylic acids is 1. The summed E-state index contributed by atoms with van der Waals surface area (Å²) in [6, 6.07) is 2.34. The van der Waals surface area contributed by atoms with E-state index in [1.54, 1.807) is 0 Å². The summed E-state index contributed by atoms with van der Waals surface area (Å²) >= 11 is 0. The maximum atomic E-state index is 13.6. The zero-order valence-electron chi connectivity index (χ0n) is 10.8. The summed E-state index contributed by atoms with van der Waals surface area (Å²) in [6.07, 6.45) is 6.15. The van der Waals surface area contributed by atoms with Crippen molar-refractivity contribution in [1.82, 2.24) is 0 Å². The van der Waals surface area contributed by atoms with E-state index in [1.807, 2.05) is 0 Å². The van der Waals surface area contributed by atoms with Crippen LogP contribution >= 0.6 is 0 Å². The lowest BCUT2D eigenvalue weighted by atomic mass is 9.89. The Morgan fingerprint density at radius 1 is 1.37 bits per heavy atom. The molecule has 2 rings (SSSR count). The molecule has 1 saturated carbocycles. The fourth-order valence-electron chi connectivity index (χ4n) is 2.55. The Bertz CT molecular complexity index is 471. The highest BCUT2D eigenvalue weighted by Gasteiger charge is 2.16. The van der Waals surface area contributed by atoms with E-state index in [0.29, 0.717) is 11.6 Å². The molecule has 1 fully saturated rings. The number of hydrogen-bond acceptors (Lipinski definition) is 3. The van der Waals surface area contributed by atoms with Crippen LogP contribution in [-0.4, -0.2) is 17.6 Å². The molecule has 104 valence electrons. The number of anilines is 2. The number of hydrogen-bond donors (Lipinski definition) is 3. The molecule has 0 aromatic heterocycles. The summed E-state index contributed by atoms with van der Waals surface area (Å²) in [6.45, 7) is 0.760. The number of carboxylic acid groups (broad SMARTS) is 1. The Balaban J connectivity index is 2.04. The van der Waals surface area contributed by atoms with Gasteiger partial charge in [0.2, 0.25) is 0 Å². The molecule has 0 heterocycles. The van der Waals surface area contributed by atoms with E-state index in [1.165, 1.54) is 44.2 Å². The predicted molar refractivity (Wildman–Crippen MR) is 72.8 cm³/mol. The van der Waals surface area contributed by atoms with Crippen LogP contribution in [0.4, 0.5) is 15.8 Å². The Morgan fingerprint density at radius 3 is 2.68 bits per heavy atom. The van der Waals surface area contributed by atoms with Crippen LogP contribution in [0.1, 0.15) is 42.5 Å². The molecule has 1 aliphatic rings. The molecular formula is C14H19FN2O2. The van der Waals surface area contributed by atoms with Crippen molar-refractivity contribution in [2.24, 2.45) is 5.92 Å². The average molecular weight is 266 g/mol. The van der Waals surface area contributed by atoms with Crippen LogP contribution in [0.25, 0.3) is 0 Å². The highest BCUT2D eigenvalue weighted by atomic mass is 19.1. The highest BCUT2D eigenvalue weighted by molar-refractivity contribution is 5.90. The third-order valence-corrected chi connectivity index (χ3v) is 3.68. The van der Waals surface area contributed by atoms with Gasteiger partial charge in [0.1, 0.15) is 5.82 Å². The summed E-state index contributed by atoms with van der Waals surface area (Å²) in [7, 11) is 0. The van der Waals surface area contributed by atoms with Gasteiger partial charge in [0.05, 0.1) is 16.9 Å². The van der Waals surface area contributed by atoms with Crippen molar-refractivity contribution in [3.63, 3.8) is 0 Å². The normalized spacial score (nSPS) is 16.3. The summed E-state index contributed by atoms with van der Waals surface area (Å²) < 4.78 is 13.6. The number of carboxylic acids is 1. The van der Waals surface area contributed by atoms with Gasteiger partial charge in [0.15, 0.2) is 0 Å². The second-order valence-corrected chi connectivity index (χ2v) is 5.11. The zero-order chi connectivity index (χ0) is 13.8. The van der Waals surface area contributed by atoms with Gasteiger partial charge in [0, 0.05) is 6.54 Å². The van der Waals surface area contributed by atoms with Crippen LogP contribution in [0.5, 0.6) is 0 Å². The van der Waals surface area contributed by atoms with Crippen LogP contribution in [0.15, 0.2) is 12.1 Å². The van der Waals surface area contributed by atoms with Gasteiger partial charge >= 0.3 is 5.97 Å². The van der Waals surface area contributed by atoms with Gasteiger partial charge in [-0.3, -0.25) is 0 Å². The first-order chi connectivity index (χ1) is 9.08. The van der Waals surface area contributed by atoms with Gasteiger partial charge in [-0.2, -0.15) is 0 Å². The second-order valence-electron chi connectivity index (χ2n) is 5.11. The molecule has 0 unspecified atom stereocenters. The molecule has 0 atom stereocenters. The number of nitrogens with two attached hydrogens (primary N) is 1. The van der Waals surface area contributed by atoms with E-state index in [9.17, 15) is 9.18 Å². The minimum Gasteiger partial charge on any atom is -0.478 e. The maximum absolute atomic E-state index is 13.6. The molecular weight excluding hydrogens is 247 g/mol. The van der Waals surface area contributed by atoms with Gasteiger partial charge in [-0.15, -0.1) is 0 Å². The minimum absolute atomic E-state index is 0.273. The van der Waals surface area contributed by atoms with Crippen molar-refractivity contribution < 1.29 is 14.3 Å². The number of benzene rings is 1. The van der Waals surface area contributed by atoms with E-state index in [2.05, 4.69) is 5.32 Å². The SMILES string of the molecule is Nc1cc(C(=O)O)c(F)cc1NCC1CCCCC1. The van der Waals surface area contributed by atoms with Crippen LogP contribution < -0.4 is 11.1 Å². The number of nitrogen functional groups attached to an aromatic ring is 1. The molecule has 0 spiro atoms. The minimum atomic E-state index is -1.30. The van der Waals surface area contributed by atoms with E-state index >= 15 is 0 Å². The molecule has 0 aliphatic heterocycles. The summed E-state index contributed by atoms with van der Waals surface area (Å²) in [5.41, 5.74) is 6.12. The van der Waals surface area contributed by atoms with Crippen molar-refractivity contribution in [1.29, 1.82) is 0 Å². The largest absolute Gasteiger partial charge is 0.478 e. The fraction of sp³-hybridized carbons (Fsp3) is 0.500. The Labute approximate surface area is 111 Å². The molecule has 4 N–H and O–H groups in total. The molecule has 1 aromatic rings. The van der Waals surface area contributed by atoms with E-state index in [-0.39, 0.29) is 11.3 Å². The Kier molecular flexibility index (Phi) is 4.24.